The van der Waals surface area contributed by atoms with E-state index in [2.05, 4.69) is 34.9 Å². The van der Waals surface area contributed by atoms with Gasteiger partial charge in [0.05, 0.1) is 26.3 Å². The molecule has 2 aromatic rings. The van der Waals surface area contributed by atoms with Crippen molar-refractivity contribution in [1.29, 1.82) is 0 Å². The number of rotatable bonds is 5. The van der Waals surface area contributed by atoms with Crippen molar-refractivity contribution in [3.05, 3.63) is 30.3 Å². The number of hydrogen-bond donors (Lipinski definition) is 2. The Balaban J connectivity index is 1.75. The molecule has 3 rings (SSSR count). The summed E-state index contributed by atoms with van der Waals surface area (Å²) in [7, 11) is 4.51. The third kappa shape index (κ3) is 2.97. The molecule has 6 heteroatoms. The summed E-state index contributed by atoms with van der Waals surface area (Å²) in [6.45, 7) is 0.905. The zero-order chi connectivity index (χ0) is 15.4. The summed E-state index contributed by atoms with van der Waals surface area (Å²) in [5.41, 5.74) is 1.26. The number of aromatic nitrogens is 4. The average Bonchev–Trinajstić information content (AvgIpc) is 3.03. The van der Waals surface area contributed by atoms with Crippen molar-refractivity contribution in [2.24, 2.45) is 0 Å². The number of para-hydroxylation sites is 1. The predicted octanol–water partition coefficient (Wildman–Crippen LogP) is 0.922. The Kier molecular flexibility index (Phi) is 4.38. The fraction of sp³-hybridized carbons (Fsp3) is 0.562. The number of likely N-dealkylation sites (N-methyl/N-ethyl adjacent to an activating group) is 1. The van der Waals surface area contributed by atoms with E-state index in [-0.39, 0.29) is 5.54 Å². The molecule has 0 atom stereocenters. The summed E-state index contributed by atoms with van der Waals surface area (Å²) in [6.07, 6.45) is 6.51. The SMILES string of the molecule is C[NH+](C)C1(CNc2nnnn2-c2ccccc2)CCCCC1. The molecule has 1 aliphatic carbocycles. The van der Waals surface area contributed by atoms with Crippen LogP contribution < -0.4 is 10.2 Å². The lowest BCUT2D eigenvalue weighted by atomic mass is 9.80. The minimum Gasteiger partial charge on any atom is -0.346 e. The standard InChI is InChI=1S/C16H24N6/c1-21(2)16(11-7-4-8-12-16)13-17-15-18-19-20-22(15)14-9-5-3-6-10-14/h3,5-6,9-10H,4,7-8,11-13H2,1-2H3,(H,17,18,20)/p+1. The largest absolute Gasteiger partial charge is 0.346 e. The molecule has 22 heavy (non-hydrogen) atoms. The number of nitrogens with one attached hydrogen (secondary N) is 2. The highest BCUT2D eigenvalue weighted by atomic mass is 15.6. The first-order valence-electron chi connectivity index (χ1n) is 8.10. The third-order valence-corrected chi connectivity index (χ3v) is 4.93. The summed E-state index contributed by atoms with van der Waals surface area (Å²) < 4.78 is 1.77. The van der Waals surface area contributed by atoms with Gasteiger partial charge in [-0.2, -0.15) is 4.68 Å². The topological polar surface area (TPSA) is 60.1 Å². The van der Waals surface area contributed by atoms with Gasteiger partial charge >= 0.3 is 0 Å². The Labute approximate surface area is 131 Å². The van der Waals surface area contributed by atoms with Crippen LogP contribution in [0.4, 0.5) is 5.95 Å². The van der Waals surface area contributed by atoms with Crippen LogP contribution >= 0.6 is 0 Å². The maximum atomic E-state index is 4.15. The molecule has 118 valence electrons. The van der Waals surface area contributed by atoms with Gasteiger partial charge in [-0.3, -0.25) is 0 Å². The fourth-order valence-electron chi connectivity index (χ4n) is 3.37. The predicted molar refractivity (Wildman–Crippen MR) is 86.3 cm³/mol. The lowest BCUT2D eigenvalue weighted by molar-refractivity contribution is -0.915. The van der Waals surface area contributed by atoms with Crippen LogP contribution in [0.3, 0.4) is 0 Å². The molecule has 0 radical (unpaired) electrons. The monoisotopic (exact) mass is 301 g/mol. The van der Waals surface area contributed by atoms with Crippen LogP contribution in [0.2, 0.25) is 0 Å². The van der Waals surface area contributed by atoms with E-state index in [4.69, 9.17) is 0 Å². The van der Waals surface area contributed by atoms with Gasteiger partial charge in [0.15, 0.2) is 0 Å². The second-order valence-corrected chi connectivity index (χ2v) is 6.44. The van der Waals surface area contributed by atoms with E-state index in [9.17, 15) is 0 Å². The van der Waals surface area contributed by atoms with Gasteiger partial charge in [0, 0.05) is 12.8 Å². The number of hydrogen-bond acceptors (Lipinski definition) is 4. The molecule has 1 saturated carbocycles. The number of anilines is 1. The van der Waals surface area contributed by atoms with Gasteiger partial charge in [-0.1, -0.05) is 29.7 Å². The van der Waals surface area contributed by atoms with E-state index in [0.29, 0.717) is 0 Å². The summed E-state index contributed by atoms with van der Waals surface area (Å²) >= 11 is 0. The number of tetrazole rings is 1. The van der Waals surface area contributed by atoms with Crippen LogP contribution in [0.5, 0.6) is 0 Å². The van der Waals surface area contributed by atoms with Crippen molar-refractivity contribution in [3.63, 3.8) is 0 Å². The molecular weight excluding hydrogens is 276 g/mol. The second kappa shape index (κ2) is 6.44. The van der Waals surface area contributed by atoms with Crippen LogP contribution in [0.15, 0.2) is 30.3 Å². The van der Waals surface area contributed by atoms with E-state index < -0.39 is 0 Å². The smallest absolute Gasteiger partial charge is 0.247 e. The number of benzene rings is 1. The molecule has 0 amide bonds. The minimum absolute atomic E-state index is 0.283. The van der Waals surface area contributed by atoms with Crippen LogP contribution in [0.1, 0.15) is 32.1 Å². The average molecular weight is 301 g/mol. The first kappa shape index (κ1) is 15.0. The molecule has 0 spiro atoms. The van der Waals surface area contributed by atoms with E-state index >= 15 is 0 Å². The van der Waals surface area contributed by atoms with Gasteiger partial charge in [0.1, 0.15) is 5.54 Å². The van der Waals surface area contributed by atoms with E-state index in [1.807, 2.05) is 30.3 Å². The summed E-state index contributed by atoms with van der Waals surface area (Å²) in [6, 6.07) is 10.00. The maximum absolute atomic E-state index is 4.15. The lowest BCUT2D eigenvalue weighted by Crippen LogP contribution is -3.16. The van der Waals surface area contributed by atoms with Crippen LogP contribution in [-0.4, -0.2) is 46.4 Å². The molecule has 1 aliphatic rings. The fourth-order valence-corrected chi connectivity index (χ4v) is 3.37. The van der Waals surface area contributed by atoms with Crippen molar-refractivity contribution in [2.45, 2.75) is 37.6 Å². The Morgan fingerprint density at radius 3 is 2.55 bits per heavy atom. The molecule has 0 saturated heterocycles. The van der Waals surface area contributed by atoms with E-state index in [0.717, 1.165) is 18.2 Å². The molecule has 2 N–H and O–H groups in total. The maximum Gasteiger partial charge on any atom is 0.247 e. The first-order valence-corrected chi connectivity index (χ1v) is 8.10. The van der Waals surface area contributed by atoms with Crippen molar-refractivity contribution in [2.75, 3.05) is 26.0 Å². The van der Waals surface area contributed by atoms with Crippen molar-refractivity contribution in [1.82, 2.24) is 20.2 Å². The molecule has 1 aromatic carbocycles. The van der Waals surface area contributed by atoms with Crippen LogP contribution in [-0.2, 0) is 0 Å². The summed E-state index contributed by atoms with van der Waals surface area (Å²) in [5.74, 6) is 0.720. The Morgan fingerprint density at radius 2 is 1.86 bits per heavy atom. The Bertz CT molecular complexity index is 586. The molecule has 1 aromatic heterocycles. The Morgan fingerprint density at radius 1 is 1.14 bits per heavy atom. The van der Waals surface area contributed by atoms with Gasteiger partial charge < -0.3 is 10.2 Å². The molecular formula is C16H25N6+. The Hall–Kier alpha value is -1.95. The van der Waals surface area contributed by atoms with Gasteiger partial charge in [0.2, 0.25) is 5.95 Å². The van der Waals surface area contributed by atoms with Gasteiger partial charge in [-0.15, -0.1) is 0 Å². The number of nitrogens with zero attached hydrogens (tertiary/aromatic N) is 4. The van der Waals surface area contributed by atoms with Crippen LogP contribution in [0.25, 0.3) is 5.69 Å². The second-order valence-electron chi connectivity index (χ2n) is 6.44. The zero-order valence-corrected chi connectivity index (χ0v) is 13.4. The summed E-state index contributed by atoms with van der Waals surface area (Å²) in [4.78, 5) is 1.51. The van der Waals surface area contributed by atoms with Crippen molar-refractivity contribution < 1.29 is 4.90 Å². The zero-order valence-electron chi connectivity index (χ0n) is 13.4. The quantitative estimate of drug-likeness (QED) is 0.862. The molecule has 1 fully saturated rings. The normalized spacial score (nSPS) is 17.6. The van der Waals surface area contributed by atoms with Crippen LogP contribution in [0, 0.1) is 0 Å². The number of quaternary nitrogens is 1. The summed E-state index contributed by atoms with van der Waals surface area (Å²) in [5, 5.41) is 15.6. The molecule has 0 unspecified atom stereocenters. The first-order chi connectivity index (χ1) is 10.7. The highest BCUT2D eigenvalue weighted by molar-refractivity contribution is 5.38. The van der Waals surface area contributed by atoms with E-state index in [1.165, 1.54) is 37.0 Å². The highest BCUT2D eigenvalue weighted by Crippen LogP contribution is 2.26. The molecule has 0 bridgehead atoms. The molecule has 1 heterocycles. The molecule has 0 aliphatic heterocycles. The van der Waals surface area contributed by atoms with Crippen molar-refractivity contribution >= 4 is 5.95 Å². The van der Waals surface area contributed by atoms with Gasteiger partial charge in [0.25, 0.3) is 0 Å². The van der Waals surface area contributed by atoms with Gasteiger partial charge in [-0.05, 0) is 35.4 Å². The third-order valence-electron chi connectivity index (χ3n) is 4.93. The highest BCUT2D eigenvalue weighted by Gasteiger charge is 2.38. The minimum atomic E-state index is 0.283. The van der Waals surface area contributed by atoms with Crippen molar-refractivity contribution in [3.8, 4) is 5.69 Å². The van der Waals surface area contributed by atoms with Gasteiger partial charge in [-0.25, -0.2) is 0 Å². The van der Waals surface area contributed by atoms with E-state index in [1.54, 1.807) is 4.68 Å². The lowest BCUT2D eigenvalue weighted by Gasteiger charge is -2.39. The molecule has 6 nitrogen and oxygen atoms in total.